The van der Waals surface area contributed by atoms with Crippen molar-refractivity contribution in [3.8, 4) is 17.3 Å². The summed E-state index contributed by atoms with van der Waals surface area (Å²) in [6, 6.07) is 7.51. The van der Waals surface area contributed by atoms with Crippen molar-refractivity contribution in [3.05, 3.63) is 36.7 Å². The van der Waals surface area contributed by atoms with Gasteiger partial charge in [0.05, 0.1) is 18.1 Å². The van der Waals surface area contributed by atoms with E-state index in [9.17, 15) is 0 Å². The first-order chi connectivity index (χ1) is 9.29. The maximum absolute atomic E-state index is 5.95. The standard InChI is InChI=1S/C13H11N5O/c1-19-13-11(15-6-7-16-13)10-12(14)18-9-5-3-2-4-8(9)17-10/h2-7H,1H3,(H2,14,18). The summed E-state index contributed by atoms with van der Waals surface area (Å²) in [5.41, 5.74) is 8.40. The van der Waals surface area contributed by atoms with Gasteiger partial charge >= 0.3 is 0 Å². The molecule has 0 aliphatic heterocycles. The predicted octanol–water partition coefficient (Wildman–Crippen LogP) is 1.68. The van der Waals surface area contributed by atoms with Crippen molar-refractivity contribution in [2.24, 2.45) is 0 Å². The normalized spacial score (nSPS) is 10.6. The van der Waals surface area contributed by atoms with Crippen LogP contribution >= 0.6 is 0 Å². The number of benzene rings is 1. The minimum atomic E-state index is 0.303. The zero-order chi connectivity index (χ0) is 13.2. The molecule has 0 saturated heterocycles. The van der Waals surface area contributed by atoms with E-state index in [1.807, 2.05) is 24.3 Å². The third-order valence-electron chi connectivity index (χ3n) is 2.68. The Morgan fingerprint density at radius 3 is 2.37 bits per heavy atom. The van der Waals surface area contributed by atoms with Crippen LogP contribution in [-0.4, -0.2) is 27.0 Å². The minimum absolute atomic E-state index is 0.303. The van der Waals surface area contributed by atoms with Gasteiger partial charge in [-0.25, -0.2) is 19.9 Å². The number of fused-ring (bicyclic) bond motifs is 1. The number of aromatic nitrogens is 4. The van der Waals surface area contributed by atoms with Gasteiger partial charge in [-0.05, 0) is 12.1 Å². The van der Waals surface area contributed by atoms with E-state index in [1.54, 1.807) is 12.4 Å². The third kappa shape index (κ3) is 1.93. The van der Waals surface area contributed by atoms with Crippen LogP contribution < -0.4 is 10.5 Å². The van der Waals surface area contributed by atoms with Crippen LogP contribution in [0.1, 0.15) is 0 Å². The molecule has 0 aliphatic carbocycles. The number of ether oxygens (including phenoxy) is 1. The Balaban J connectivity index is 2.27. The fourth-order valence-electron chi connectivity index (χ4n) is 1.83. The molecule has 0 saturated carbocycles. The van der Waals surface area contributed by atoms with Crippen LogP contribution in [-0.2, 0) is 0 Å². The average Bonchev–Trinajstić information content (AvgIpc) is 2.46. The molecule has 2 aromatic heterocycles. The second kappa shape index (κ2) is 4.49. The van der Waals surface area contributed by atoms with Gasteiger partial charge in [-0.1, -0.05) is 12.1 Å². The molecule has 0 amide bonds. The van der Waals surface area contributed by atoms with Crippen LogP contribution in [0.2, 0.25) is 0 Å². The van der Waals surface area contributed by atoms with E-state index in [2.05, 4.69) is 19.9 Å². The summed E-state index contributed by atoms with van der Waals surface area (Å²) in [5, 5.41) is 0. The largest absolute Gasteiger partial charge is 0.479 e. The lowest BCUT2D eigenvalue weighted by atomic mass is 10.2. The van der Waals surface area contributed by atoms with Crippen LogP contribution in [0.3, 0.4) is 0 Å². The number of nitrogens with two attached hydrogens (primary N) is 1. The van der Waals surface area contributed by atoms with Crippen molar-refractivity contribution in [1.82, 2.24) is 19.9 Å². The third-order valence-corrected chi connectivity index (χ3v) is 2.68. The van der Waals surface area contributed by atoms with Crippen molar-refractivity contribution in [2.45, 2.75) is 0 Å². The van der Waals surface area contributed by atoms with E-state index in [0.29, 0.717) is 23.1 Å². The summed E-state index contributed by atoms with van der Waals surface area (Å²) in [6.07, 6.45) is 3.11. The Kier molecular flexibility index (Phi) is 2.68. The van der Waals surface area contributed by atoms with E-state index in [4.69, 9.17) is 10.5 Å². The molecular formula is C13H11N5O. The van der Waals surface area contributed by atoms with Crippen molar-refractivity contribution in [1.29, 1.82) is 0 Å². The zero-order valence-electron chi connectivity index (χ0n) is 10.2. The molecule has 2 N–H and O–H groups in total. The number of nitrogen functional groups attached to an aromatic ring is 1. The number of hydrogen-bond acceptors (Lipinski definition) is 6. The molecular weight excluding hydrogens is 242 g/mol. The molecule has 0 fully saturated rings. The fourth-order valence-corrected chi connectivity index (χ4v) is 1.83. The molecule has 0 atom stereocenters. The van der Waals surface area contributed by atoms with E-state index in [-0.39, 0.29) is 0 Å². The van der Waals surface area contributed by atoms with E-state index >= 15 is 0 Å². The lowest BCUT2D eigenvalue weighted by molar-refractivity contribution is 0.397. The fraction of sp³-hybridized carbons (Fsp3) is 0.0769. The van der Waals surface area contributed by atoms with Gasteiger partial charge in [-0.3, -0.25) is 0 Å². The molecule has 0 bridgehead atoms. The molecule has 94 valence electrons. The monoisotopic (exact) mass is 253 g/mol. The van der Waals surface area contributed by atoms with Crippen LogP contribution in [0.25, 0.3) is 22.4 Å². The first kappa shape index (κ1) is 11.3. The molecule has 0 aliphatic rings. The zero-order valence-corrected chi connectivity index (χ0v) is 10.2. The molecule has 0 unspecified atom stereocenters. The minimum Gasteiger partial charge on any atom is -0.479 e. The number of methoxy groups -OCH3 is 1. The summed E-state index contributed by atoms with van der Waals surface area (Å²) in [7, 11) is 1.53. The van der Waals surface area contributed by atoms with Crippen LogP contribution in [0.4, 0.5) is 5.82 Å². The number of rotatable bonds is 2. The van der Waals surface area contributed by atoms with Crippen LogP contribution in [0, 0.1) is 0 Å². The van der Waals surface area contributed by atoms with Crippen molar-refractivity contribution < 1.29 is 4.74 Å². The van der Waals surface area contributed by atoms with Crippen molar-refractivity contribution >= 4 is 16.9 Å². The van der Waals surface area contributed by atoms with Gasteiger partial charge in [-0.2, -0.15) is 0 Å². The summed E-state index contributed by atoms with van der Waals surface area (Å²) in [6.45, 7) is 0. The Labute approximate surface area is 109 Å². The lowest BCUT2D eigenvalue weighted by Gasteiger charge is -2.08. The summed E-state index contributed by atoms with van der Waals surface area (Å²) in [5.74, 6) is 0.677. The SMILES string of the molecule is COc1nccnc1-c1nc2ccccc2nc1N. The van der Waals surface area contributed by atoms with E-state index in [0.717, 1.165) is 11.0 Å². The molecule has 3 rings (SSSR count). The molecule has 0 spiro atoms. The molecule has 6 heteroatoms. The Bertz CT molecular complexity index is 744. The van der Waals surface area contributed by atoms with E-state index in [1.165, 1.54) is 7.11 Å². The topological polar surface area (TPSA) is 86.8 Å². The van der Waals surface area contributed by atoms with Gasteiger partial charge < -0.3 is 10.5 Å². The second-order valence-electron chi connectivity index (χ2n) is 3.86. The second-order valence-corrected chi connectivity index (χ2v) is 3.86. The Hall–Kier alpha value is -2.76. The van der Waals surface area contributed by atoms with Gasteiger partial charge in [0.2, 0.25) is 5.88 Å². The first-order valence-electron chi connectivity index (χ1n) is 5.67. The highest BCUT2D eigenvalue weighted by molar-refractivity contribution is 5.82. The smallest absolute Gasteiger partial charge is 0.242 e. The molecule has 1 aromatic carbocycles. The van der Waals surface area contributed by atoms with Gasteiger partial charge in [0.1, 0.15) is 5.69 Å². The maximum atomic E-state index is 5.95. The van der Waals surface area contributed by atoms with Gasteiger partial charge in [-0.15, -0.1) is 0 Å². The number of anilines is 1. The highest BCUT2D eigenvalue weighted by Gasteiger charge is 2.15. The molecule has 0 radical (unpaired) electrons. The molecule has 2 heterocycles. The van der Waals surface area contributed by atoms with E-state index < -0.39 is 0 Å². The molecule has 6 nitrogen and oxygen atoms in total. The predicted molar refractivity (Wildman–Crippen MR) is 71.5 cm³/mol. The van der Waals surface area contributed by atoms with Crippen LogP contribution in [0.5, 0.6) is 5.88 Å². The van der Waals surface area contributed by atoms with Gasteiger partial charge in [0, 0.05) is 12.4 Å². The summed E-state index contributed by atoms with van der Waals surface area (Å²) < 4.78 is 5.17. The average molecular weight is 253 g/mol. The quantitative estimate of drug-likeness (QED) is 0.747. The number of hydrogen-bond donors (Lipinski definition) is 1. The highest BCUT2D eigenvalue weighted by atomic mass is 16.5. The Morgan fingerprint density at radius 1 is 0.947 bits per heavy atom. The number of nitrogens with zero attached hydrogens (tertiary/aromatic N) is 4. The molecule has 19 heavy (non-hydrogen) atoms. The van der Waals surface area contributed by atoms with Crippen molar-refractivity contribution in [3.63, 3.8) is 0 Å². The molecule has 3 aromatic rings. The van der Waals surface area contributed by atoms with Gasteiger partial charge in [0.25, 0.3) is 0 Å². The van der Waals surface area contributed by atoms with Crippen molar-refractivity contribution in [2.75, 3.05) is 12.8 Å². The highest BCUT2D eigenvalue weighted by Crippen LogP contribution is 2.28. The number of para-hydroxylation sites is 2. The first-order valence-corrected chi connectivity index (χ1v) is 5.67. The van der Waals surface area contributed by atoms with Gasteiger partial charge in [0.15, 0.2) is 11.5 Å². The van der Waals surface area contributed by atoms with Crippen LogP contribution in [0.15, 0.2) is 36.7 Å². The summed E-state index contributed by atoms with van der Waals surface area (Å²) in [4.78, 5) is 17.1. The Morgan fingerprint density at radius 2 is 1.63 bits per heavy atom. The summed E-state index contributed by atoms with van der Waals surface area (Å²) >= 11 is 0. The lowest BCUT2D eigenvalue weighted by Crippen LogP contribution is -2.02. The maximum Gasteiger partial charge on any atom is 0.242 e.